The minimum atomic E-state index is -0.0955. The maximum absolute atomic E-state index is 11.6. The SMILES string of the molecule is Cn1cc(NC(=O)CNc2ccccc2)cn1. The normalized spacial score (nSPS) is 9.94. The van der Waals surface area contributed by atoms with Gasteiger partial charge < -0.3 is 10.6 Å². The van der Waals surface area contributed by atoms with Crippen molar-refractivity contribution >= 4 is 17.3 Å². The summed E-state index contributed by atoms with van der Waals surface area (Å²) in [7, 11) is 1.80. The summed E-state index contributed by atoms with van der Waals surface area (Å²) in [5, 5.41) is 9.75. The number of carbonyl (C=O) groups is 1. The molecule has 2 aromatic rings. The first-order valence-corrected chi connectivity index (χ1v) is 5.31. The van der Waals surface area contributed by atoms with Gasteiger partial charge in [-0.05, 0) is 12.1 Å². The van der Waals surface area contributed by atoms with Crippen LogP contribution in [0.3, 0.4) is 0 Å². The number of aryl methyl sites for hydroxylation is 1. The molecule has 0 saturated carbocycles. The van der Waals surface area contributed by atoms with Gasteiger partial charge in [0.05, 0.1) is 18.4 Å². The highest BCUT2D eigenvalue weighted by atomic mass is 16.1. The maximum atomic E-state index is 11.6. The summed E-state index contributed by atoms with van der Waals surface area (Å²) in [4.78, 5) is 11.6. The van der Waals surface area contributed by atoms with Gasteiger partial charge in [-0.1, -0.05) is 18.2 Å². The molecule has 5 nitrogen and oxygen atoms in total. The van der Waals surface area contributed by atoms with Crippen LogP contribution in [-0.2, 0) is 11.8 Å². The Morgan fingerprint density at radius 2 is 2.06 bits per heavy atom. The second kappa shape index (κ2) is 5.16. The second-order valence-corrected chi connectivity index (χ2v) is 3.67. The lowest BCUT2D eigenvalue weighted by molar-refractivity contribution is -0.114. The van der Waals surface area contributed by atoms with E-state index in [4.69, 9.17) is 0 Å². The topological polar surface area (TPSA) is 59.0 Å². The largest absolute Gasteiger partial charge is 0.376 e. The molecule has 0 bridgehead atoms. The van der Waals surface area contributed by atoms with Crippen LogP contribution < -0.4 is 10.6 Å². The van der Waals surface area contributed by atoms with Crippen molar-refractivity contribution in [2.45, 2.75) is 0 Å². The molecule has 0 aliphatic heterocycles. The van der Waals surface area contributed by atoms with Crippen molar-refractivity contribution in [2.75, 3.05) is 17.2 Å². The van der Waals surface area contributed by atoms with E-state index in [9.17, 15) is 4.79 Å². The maximum Gasteiger partial charge on any atom is 0.243 e. The highest BCUT2D eigenvalue weighted by Gasteiger charge is 2.03. The molecule has 0 aliphatic rings. The first-order chi connectivity index (χ1) is 8.24. The van der Waals surface area contributed by atoms with Crippen LogP contribution in [-0.4, -0.2) is 22.2 Å². The van der Waals surface area contributed by atoms with Gasteiger partial charge in [0.15, 0.2) is 0 Å². The Hall–Kier alpha value is -2.30. The van der Waals surface area contributed by atoms with Crippen molar-refractivity contribution in [3.8, 4) is 0 Å². The third kappa shape index (κ3) is 3.34. The molecule has 1 amide bonds. The number of benzene rings is 1. The van der Waals surface area contributed by atoms with Gasteiger partial charge in [-0.3, -0.25) is 9.48 Å². The van der Waals surface area contributed by atoms with Crippen LogP contribution in [0, 0.1) is 0 Å². The highest BCUT2D eigenvalue weighted by molar-refractivity contribution is 5.93. The molecule has 17 heavy (non-hydrogen) atoms. The second-order valence-electron chi connectivity index (χ2n) is 3.67. The lowest BCUT2D eigenvalue weighted by Gasteiger charge is -2.05. The Balaban J connectivity index is 1.82. The van der Waals surface area contributed by atoms with Crippen molar-refractivity contribution < 1.29 is 4.79 Å². The van der Waals surface area contributed by atoms with Gasteiger partial charge in [-0.2, -0.15) is 5.10 Å². The minimum Gasteiger partial charge on any atom is -0.376 e. The number of nitrogens with one attached hydrogen (secondary N) is 2. The minimum absolute atomic E-state index is 0.0955. The zero-order chi connectivity index (χ0) is 12.1. The summed E-state index contributed by atoms with van der Waals surface area (Å²) < 4.78 is 1.64. The van der Waals surface area contributed by atoms with Crippen LogP contribution in [0.25, 0.3) is 0 Å². The average Bonchev–Trinajstić information content (AvgIpc) is 2.73. The first-order valence-electron chi connectivity index (χ1n) is 5.31. The van der Waals surface area contributed by atoms with E-state index in [0.29, 0.717) is 5.69 Å². The molecule has 2 rings (SSSR count). The monoisotopic (exact) mass is 230 g/mol. The van der Waals surface area contributed by atoms with Crippen molar-refractivity contribution in [1.82, 2.24) is 9.78 Å². The number of rotatable bonds is 4. The first kappa shape index (κ1) is 11.2. The Kier molecular flexibility index (Phi) is 3.40. The van der Waals surface area contributed by atoms with Gasteiger partial charge >= 0.3 is 0 Å². The molecule has 0 fully saturated rings. The lowest BCUT2D eigenvalue weighted by atomic mass is 10.3. The third-order valence-corrected chi connectivity index (χ3v) is 2.22. The third-order valence-electron chi connectivity index (χ3n) is 2.22. The predicted octanol–water partition coefficient (Wildman–Crippen LogP) is 1.47. The molecule has 5 heteroatoms. The number of aromatic nitrogens is 2. The van der Waals surface area contributed by atoms with Gasteiger partial charge in [0, 0.05) is 18.9 Å². The van der Waals surface area contributed by atoms with E-state index in [-0.39, 0.29) is 12.5 Å². The molecule has 0 radical (unpaired) electrons. The summed E-state index contributed by atoms with van der Waals surface area (Å²) >= 11 is 0. The summed E-state index contributed by atoms with van der Waals surface area (Å²) in [6.45, 7) is 0.235. The predicted molar refractivity (Wildman–Crippen MR) is 66.8 cm³/mol. The Labute approximate surface area is 99.5 Å². The molecular weight excluding hydrogens is 216 g/mol. The average molecular weight is 230 g/mol. The number of amides is 1. The van der Waals surface area contributed by atoms with E-state index >= 15 is 0 Å². The molecule has 2 N–H and O–H groups in total. The molecule has 0 unspecified atom stereocenters. The van der Waals surface area contributed by atoms with E-state index in [2.05, 4.69) is 15.7 Å². The number of nitrogens with zero attached hydrogens (tertiary/aromatic N) is 2. The quantitative estimate of drug-likeness (QED) is 0.836. The van der Waals surface area contributed by atoms with Crippen LogP contribution in [0.4, 0.5) is 11.4 Å². The van der Waals surface area contributed by atoms with Gasteiger partial charge in [0.1, 0.15) is 0 Å². The van der Waals surface area contributed by atoms with Gasteiger partial charge in [0.25, 0.3) is 0 Å². The number of para-hydroxylation sites is 1. The molecule has 1 aromatic carbocycles. The van der Waals surface area contributed by atoms with Crippen molar-refractivity contribution in [1.29, 1.82) is 0 Å². The summed E-state index contributed by atoms with van der Waals surface area (Å²) in [5.74, 6) is -0.0955. The van der Waals surface area contributed by atoms with Gasteiger partial charge in [-0.15, -0.1) is 0 Å². The van der Waals surface area contributed by atoms with E-state index in [1.165, 1.54) is 0 Å². The van der Waals surface area contributed by atoms with E-state index < -0.39 is 0 Å². The van der Waals surface area contributed by atoms with Crippen molar-refractivity contribution in [2.24, 2.45) is 7.05 Å². The number of hydrogen-bond donors (Lipinski definition) is 2. The summed E-state index contributed by atoms with van der Waals surface area (Å²) in [5.41, 5.74) is 1.63. The Bertz CT molecular complexity index is 492. The molecule has 0 spiro atoms. The molecule has 0 saturated heterocycles. The zero-order valence-corrected chi connectivity index (χ0v) is 9.55. The van der Waals surface area contributed by atoms with Crippen LogP contribution in [0.2, 0.25) is 0 Å². The summed E-state index contributed by atoms with van der Waals surface area (Å²) in [6.07, 6.45) is 3.36. The fourth-order valence-corrected chi connectivity index (χ4v) is 1.43. The molecule has 0 aliphatic carbocycles. The molecule has 1 heterocycles. The standard InChI is InChI=1S/C12H14N4O/c1-16-9-11(7-14-16)15-12(17)8-13-10-5-3-2-4-6-10/h2-7,9,13H,8H2,1H3,(H,15,17). The molecule has 1 aromatic heterocycles. The Morgan fingerprint density at radius 1 is 1.29 bits per heavy atom. The number of carbonyl (C=O) groups excluding carboxylic acids is 1. The fourth-order valence-electron chi connectivity index (χ4n) is 1.43. The lowest BCUT2D eigenvalue weighted by Crippen LogP contribution is -2.21. The smallest absolute Gasteiger partial charge is 0.243 e. The number of anilines is 2. The number of hydrogen-bond acceptors (Lipinski definition) is 3. The van der Waals surface area contributed by atoms with E-state index in [1.54, 1.807) is 24.1 Å². The van der Waals surface area contributed by atoms with Crippen molar-refractivity contribution in [3.63, 3.8) is 0 Å². The molecular formula is C12H14N4O. The summed E-state index contributed by atoms with van der Waals surface area (Å²) in [6, 6.07) is 9.60. The van der Waals surface area contributed by atoms with Crippen LogP contribution in [0.15, 0.2) is 42.7 Å². The highest BCUT2D eigenvalue weighted by Crippen LogP contribution is 2.05. The van der Waals surface area contributed by atoms with Gasteiger partial charge in [0.2, 0.25) is 5.91 Å². The van der Waals surface area contributed by atoms with Crippen LogP contribution >= 0.6 is 0 Å². The molecule has 88 valence electrons. The Morgan fingerprint density at radius 3 is 2.71 bits per heavy atom. The van der Waals surface area contributed by atoms with Crippen molar-refractivity contribution in [3.05, 3.63) is 42.7 Å². The van der Waals surface area contributed by atoms with Gasteiger partial charge in [-0.25, -0.2) is 0 Å². The van der Waals surface area contributed by atoms with Crippen LogP contribution in [0.1, 0.15) is 0 Å². The fraction of sp³-hybridized carbons (Fsp3) is 0.167. The van der Waals surface area contributed by atoms with E-state index in [1.807, 2.05) is 30.3 Å². The van der Waals surface area contributed by atoms with E-state index in [0.717, 1.165) is 5.69 Å². The van der Waals surface area contributed by atoms with Crippen LogP contribution in [0.5, 0.6) is 0 Å². The molecule has 0 atom stereocenters. The zero-order valence-electron chi connectivity index (χ0n) is 9.55.